The summed E-state index contributed by atoms with van der Waals surface area (Å²) in [7, 11) is 1.66. The first-order chi connectivity index (χ1) is 7.56. The summed E-state index contributed by atoms with van der Waals surface area (Å²) in [6.45, 7) is 7.78. The molecule has 1 aliphatic rings. The summed E-state index contributed by atoms with van der Waals surface area (Å²) in [5, 5.41) is 2.99. The van der Waals surface area contributed by atoms with Gasteiger partial charge in [-0.3, -0.25) is 4.90 Å². The van der Waals surface area contributed by atoms with Gasteiger partial charge in [-0.15, -0.1) is 0 Å². The molecule has 1 rings (SSSR count). The van der Waals surface area contributed by atoms with E-state index >= 15 is 0 Å². The lowest BCUT2D eigenvalue weighted by Gasteiger charge is -2.29. The molecule has 0 saturated carbocycles. The van der Waals surface area contributed by atoms with Crippen molar-refractivity contribution in [2.45, 2.75) is 32.9 Å². The topological polar surface area (TPSA) is 50.8 Å². The zero-order chi connectivity index (χ0) is 12.1. The minimum atomic E-state index is -0.0694. The molecule has 1 saturated heterocycles. The number of urea groups is 1. The number of hydrogen-bond acceptors (Lipinski definition) is 3. The summed E-state index contributed by atoms with van der Waals surface area (Å²) in [6.07, 6.45) is 0.00692. The van der Waals surface area contributed by atoms with Crippen molar-refractivity contribution in [2.24, 2.45) is 5.92 Å². The van der Waals surface area contributed by atoms with Crippen LogP contribution in [0.15, 0.2) is 0 Å². The molecule has 0 aromatic carbocycles. The van der Waals surface area contributed by atoms with Gasteiger partial charge >= 0.3 is 6.03 Å². The third kappa shape index (κ3) is 3.35. The second-order valence-electron chi connectivity index (χ2n) is 4.46. The van der Waals surface area contributed by atoms with Crippen LogP contribution in [0.4, 0.5) is 4.79 Å². The van der Waals surface area contributed by atoms with Crippen LogP contribution in [0.5, 0.6) is 0 Å². The molecule has 0 spiro atoms. The number of amides is 2. The maximum Gasteiger partial charge on any atom is 0.319 e. The standard InChI is InChI=1S/C11H22N2O3/c1-8(2)10(9(3)15-4)12-11(14)13-5-6-16-7-13/h8-10H,5-7H2,1-4H3,(H,12,14)/t9-,10-/m1/s1. The Morgan fingerprint density at radius 3 is 2.56 bits per heavy atom. The van der Waals surface area contributed by atoms with Crippen molar-refractivity contribution in [3.8, 4) is 0 Å². The summed E-state index contributed by atoms with van der Waals surface area (Å²) in [5.41, 5.74) is 0. The lowest BCUT2D eigenvalue weighted by atomic mass is 10.00. The number of methoxy groups -OCH3 is 1. The van der Waals surface area contributed by atoms with Crippen LogP contribution < -0.4 is 5.32 Å². The molecule has 2 atom stereocenters. The number of rotatable bonds is 4. The van der Waals surface area contributed by atoms with Gasteiger partial charge in [-0.1, -0.05) is 13.8 Å². The first-order valence-corrected chi connectivity index (χ1v) is 5.72. The maximum absolute atomic E-state index is 11.9. The molecule has 0 bridgehead atoms. The highest BCUT2D eigenvalue weighted by Gasteiger charge is 2.26. The van der Waals surface area contributed by atoms with Crippen molar-refractivity contribution < 1.29 is 14.3 Å². The van der Waals surface area contributed by atoms with Crippen molar-refractivity contribution in [2.75, 3.05) is 27.0 Å². The van der Waals surface area contributed by atoms with Crippen LogP contribution in [0.3, 0.4) is 0 Å². The Hall–Kier alpha value is -0.810. The Labute approximate surface area is 97.1 Å². The van der Waals surface area contributed by atoms with Gasteiger partial charge in [-0.25, -0.2) is 4.79 Å². The van der Waals surface area contributed by atoms with Gasteiger partial charge in [0.15, 0.2) is 0 Å². The molecule has 1 fully saturated rings. The van der Waals surface area contributed by atoms with Crippen LogP contribution in [0.1, 0.15) is 20.8 Å². The molecule has 0 aliphatic carbocycles. The summed E-state index contributed by atoms with van der Waals surface area (Å²) < 4.78 is 10.4. The Morgan fingerprint density at radius 2 is 2.12 bits per heavy atom. The second-order valence-corrected chi connectivity index (χ2v) is 4.46. The second kappa shape index (κ2) is 6.06. The maximum atomic E-state index is 11.9. The van der Waals surface area contributed by atoms with E-state index in [1.807, 2.05) is 6.92 Å². The van der Waals surface area contributed by atoms with Crippen molar-refractivity contribution in [1.82, 2.24) is 10.2 Å². The van der Waals surface area contributed by atoms with Gasteiger partial charge in [0, 0.05) is 13.7 Å². The van der Waals surface area contributed by atoms with Gasteiger partial charge in [-0.2, -0.15) is 0 Å². The van der Waals surface area contributed by atoms with Crippen LogP contribution >= 0.6 is 0 Å². The van der Waals surface area contributed by atoms with E-state index in [1.165, 1.54) is 0 Å². The highest BCUT2D eigenvalue weighted by molar-refractivity contribution is 5.74. The highest BCUT2D eigenvalue weighted by atomic mass is 16.5. The summed E-state index contributed by atoms with van der Waals surface area (Å²) in [5.74, 6) is 0.336. The smallest absolute Gasteiger partial charge is 0.319 e. The molecule has 0 unspecified atom stereocenters. The Morgan fingerprint density at radius 1 is 1.44 bits per heavy atom. The van der Waals surface area contributed by atoms with Crippen molar-refractivity contribution >= 4 is 6.03 Å². The number of nitrogens with zero attached hydrogens (tertiary/aromatic N) is 1. The molecule has 1 heterocycles. The van der Waals surface area contributed by atoms with Gasteiger partial charge in [-0.05, 0) is 12.8 Å². The summed E-state index contributed by atoms with van der Waals surface area (Å²) in [6, 6.07) is -0.0433. The first kappa shape index (κ1) is 13.3. The zero-order valence-corrected chi connectivity index (χ0v) is 10.5. The predicted octanol–water partition coefficient (Wildman–Crippen LogP) is 1.05. The van der Waals surface area contributed by atoms with E-state index in [2.05, 4.69) is 19.2 Å². The van der Waals surface area contributed by atoms with Crippen molar-refractivity contribution in [3.63, 3.8) is 0 Å². The summed E-state index contributed by atoms with van der Waals surface area (Å²) in [4.78, 5) is 13.5. The number of carbonyl (C=O) groups is 1. The number of nitrogens with one attached hydrogen (secondary N) is 1. The number of carbonyl (C=O) groups excluding carboxylic acids is 1. The van der Waals surface area contributed by atoms with Crippen LogP contribution in [0.25, 0.3) is 0 Å². The average molecular weight is 230 g/mol. The van der Waals surface area contributed by atoms with E-state index in [9.17, 15) is 4.79 Å². The normalized spacial score (nSPS) is 19.9. The fourth-order valence-electron chi connectivity index (χ4n) is 1.78. The zero-order valence-electron chi connectivity index (χ0n) is 10.5. The third-order valence-corrected chi connectivity index (χ3v) is 2.93. The van der Waals surface area contributed by atoms with Gasteiger partial charge in [0.2, 0.25) is 0 Å². The fraction of sp³-hybridized carbons (Fsp3) is 0.909. The molecule has 1 aliphatic heterocycles. The minimum Gasteiger partial charge on any atom is -0.380 e. The highest BCUT2D eigenvalue weighted by Crippen LogP contribution is 2.10. The predicted molar refractivity (Wildman–Crippen MR) is 61.2 cm³/mol. The lowest BCUT2D eigenvalue weighted by Crippen LogP contribution is -2.50. The van der Waals surface area contributed by atoms with Crippen molar-refractivity contribution in [1.29, 1.82) is 0 Å². The number of hydrogen-bond donors (Lipinski definition) is 1. The first-order valence-electron chi connectivity index (χ1n) is 5.72. The Kier molecular flexibility index (Phi) is 5.02. The van der Waals surface area contributed by atoms with Crippen molar-refractivity contribution in [3.05, 3.63) is 0 Å². The Bertz CT molecular complexity index is 227. The van der Waals surface area contributed by atoms with E-state index in [1.54, 1.807) is 12.0 Å². The molecule has 5 heteroatoms. The van der Waals surface area contributed by atoms with Gasteiger partial charge in [0.05, 0.1) is 18.8 Å². The van der Waals surface area contributed by atoms with Crippen LogP contribution in [-0.2, 0) is 9.47 Å². The minimum absolute atomic E-state index is 0.00692. The SMILES string of the molecule is CO[C@H](C)[C@H](NC(=O)N1CCOC1)C(C)C. The van der Waals surface area contributed by atoms with E-state index in [0.717, 1.165) is 0 Å². The van der Waals surface area contributed by atoms with E-state index in [-0.39, 0.29) is 18.2 Å². The monoisotopic (exact) mass is 230 g/mol. The quantitative estimate of drug-likeness (QED) is 0.785. The third-order valence-electron chi connectivity index (χ3n) is 2.93. The van der Waals surface area contributed by atoms with Crippen LogP contribution in [0, 0.1) is 5.92 Å². The van der Waals surface area contributed by atoms with Gasteiger partial charge in [0.1, 0.15) is 6.73 Å². The average Bonchev–Trinajstić information content (AvgIpc) is 2.77. The van der Waals surface area contributed by atoms with E-state index in [4.69, 9.17) is 9.47 Å². The molecule has 5 nitrogen and oxygen atoms in total. The van der Waals surface area contributed by atoms with Crippen LogP contribution in [0.2, 0.25) is 0 Å². The Balaban J connectivity index is 2.50. The molecule has 0 aromatic rings. The van der Waals surface area contributed by atoms with Crippen LogP contribution in [-0.4, -0.2) is 50.1 Å². The molecular weight excluding hydrogens is 208 g/mol. The molecule has 0 aromatic heterocycles. The van der Waals surface area contributed by atoms with Gasteiger partial charge in [0.25, 0.3) is 0 Å². The van der Waals surface area contributed by atoms with E-state index < -0.39 is 0 Å². The van der Waals surface area contributed by atoms with E-state index in [0.29, 0.717) is 25.8 Å². The summed E-state index contributed by atoms with van der Waals surface area (Å²) >= 11 is 0. The molecule has 94 valence electrons. The number of ether oxygens (including phenoxy) is 2. The molecular formula is C11H22N2O3. The molecule has 0 radical (unpaired) electrons. The van der Waals surface area contributed by atoms with Gasteiger partial charge < -0.3 is 14.8 Å². The molecule has 2 amide bonds. The molecule has 16 heavy (non-hydrogen) atoms. The fourth-order valence-corrected chi connectivity index (χ4v) is 1.78. The molecule has 1 N–H and O–H groups in total. The lowest BCUT2D eigenvalue weighted by molar-refractivity contribution is 0.0661. The largest absolute Gasteiger partial charge is 0.380 e.